The molecule has 7 heteroatoms. The van der Waals surface area contributed by atoms with E-state index in [2.05, 4.69) is 10.6 Å². The van der Waals surface area contributed by atoms with Crippen LogP contribution in [0.3, 0.4) is 0 Å². The van der Waals surface area contributed by atoms with Gasteiger partial charge in [-0.25, -0.2) is 4.39 Å². The van der Waals surface area contributed by atoms with Crippen molar-refractivity contribution in [3.8, 4) is 0 Å². The van der Waals surface area contributed by atoms with Crippen LogP contribution in [0.5, 0.6) is 0 Å². The number of carbonyl (C=O) groups is 2. The highest BCUT2D eigenvalue weighted by molar-refractivity contribution is 8.24. The van der Waals surface area contributed by atoms with Crippen LogP contribution in [0.2, 0.25) is 0 Å². The lowest BCUT2D eigenvalue weighted by molar-refractivity contribution is -0.122. The largest absolute Gasteiger partial charge is 0.324 e. The molecule has 94 valence electrons. The Morgan fingerprint density at radius 3 is 2.83 bits per heavy atom. The van der Waals surface area contributed by atoms with Crippen LogP contribution in [-0.2, 0) is 9.59 Å². The first-order valence-electron chi connectivity index (χ1n) is 5.12. The van der Waals surface area contributed by atoms with Crippen LogP contribution in [0.4, 0.5) is 10.1 Å². The molecule has 2 N–H and O–H groups in total. The van der Waals surface area contributed by atoms with Gasteiger partial charge in [0.2, 0.25) is 11.8 Å². The number of amides is 2. The van der Waals surface area contributed by atoms with Crippen molar-refractivity contribution in [1.29, 1.82) is 0 Å². The van der Waals surface area contributed by atoms with Gasteiger partial charge < -0.3 is 10.6 Å². The number of hydrogen-bond acceptors (Lipinski definition) is 4. The number of hydrogen-bond donors (Lipinski definition) is 2. The van der Waals surface area contributed by atoms with Crippen LogP contribution in [0, 0.1) is 5.82 Å². The van der Waals surface area contributed by atoms with Crippen molar-refractivity contribution in [2.75, 3.05) is 5.32 Å². The molecule has 1 aromatic rings. The van der Waals surface area contributed by atoms with E-state index in [1.54, 1.807) is 6.07 Å². The number of thioether (sulfide) groups is 1. The third kappa shape index (κ3) is 3.05. The van der Waals surface area contributed by atoms with E-state index < -0.39 is 17.0 Å². The topological polar surface area (TPSA) is 58.2 Å². The lowest BCUT2D eigenvalue weighted by Gasteiger charge is -2.07. The standard InChI is InChI=1S/C11H9FN2O2S2/c12-6-3-1-2-4-7(6)13-9(15)5-8-10(16)14-11(17)18-8/h1-4,8H,5H2,(H,13,15)(H,14,16,17)/t8-/m1/s1. The molecule has 0 spiro atoms. The average molecular weight is 284 g/mol. The van der Waals surface area contributed by atoms with Gasteiger partial charge in [0.1, 0.15) is 10.1 Å². The number of carbonyl (C=O) groups excluding carboxylic acids is 2. The summed E-state index contributed by atoms with van der Waals surface area (Å²) in [5.41, 5.74) is 0.105. The predicted octanol–water partition coefficient (Wildman–Crippen LogP) is 1.67. The molecule has 0 aromatic heterocycles. The molecule has 0 radical (unpaired) electrons. The molecule has 1 aliphatic rings. The summed E-state index contributed by atoms with van der Waals surface area (Å²) >= 11 is 5.95. The summed E-state index contributed by atoms with van der Waals surface area (Å²) in [4.78, 5) is 23.0. The zero-order valence-electron chi connectivity index (χ0n) is 9.10. The van der Waals surface area contributed by atoms with E-state index in [0.717, 1.165) is 11.8 Å². The molecule has 18 heavy (non-hydrogen) atoms. The lowest BCUT2D eigenvalue weighted by atomic mass is 10.2. The molecule has 1 heterocycles. The van der Waals surface area contributed by atoms with Crippen molar-refractivity contribution in [2.45, 2.75) is 11.7 Å². The molecular formula is C11H9FN2O2S2. The molecule has 1 aromatic carbocycles. The molecule has 2 rings (SSSR count). The summed E-state index contributed by atoms with van der Waals surface area (Å²) in [5.74, 6) is -1.21. The maximum atomic E-state index is 13.3. The van der Waals surface area contributed by atoms with Crippen LogP contribution in [0.15, 0.2) is 24.3 Å². The first kappa shape index (κ1) is 13.0. The molecular weight excluding hydrogens is 275 g/mol. The van der Waals surface area contributed by atoms with Gasteiger partial charge in [0.05, 0.1) is 10.9 Å². The zero-order chi connectivity index (χ0) is 13.1. The third-order valence-electron chi connectivity index (χ3n) is 2.29. The highest BCUT2D eigenvalue weighted by Crippen LogP contribution is 2.23. The normalized spacial score (nSPS) is 18.6. The van der Waals surface area contributed by atoms with Crippen molar-refractivity contribution in [1.82, 2.24) is 5.32 Å². The van der Waals surface area contributed by atoms with Crippen molar-refractivity contribution in [3.05, 3.63) is 30.1 Å². The molecule has 1 aliphatic heterocycles. The number of para-hydroxylation sites is 1. The second-order valence-corrected chi connectivity index (χ2v) is 5.50. The predicted molar refractivity (Wildman–Crippen MR) is 71.8 cm³/mol. The van der Waals surface area contributed by atoms with Crippen LogP contribution >= 0.6 is 24.0 Å². The van der Waals surface area contributed by atoms with Gasteiger partial charge in [-0.1, -0.05) is 36.1 Å². The quantitative estimate of drug-likeness (QED) is 0.829. The van der Waals surface area contributed by atoms with Crippen LogP contribution in [0.25, 0.3) is 0 Å². The van der Waals surface area contributed by atoms with Crippen molar-refractivity contribution < 1.29 is 14.0 Å². The molecule has 0 unspecified atom stereocenters. The highest BCUT2D eigenvalue weighted by Gasteiger charge is 2.31. The minimum Gasteiger partial charge on any atom is -0.324 e. The maximum absolute atomic E-state index is 13.3. The number of rotatable bonds is 3. The molecule has 2 amide bonds. The number of thiocarbonyl (C=S) groups is 1. The summed E-state index contributed by atoms with van der Waals surface area (Å²) in [5, 5.41) is 4.33. The van der Waals surface area contributed by atoms with E-state index in [0.29, 0.717) is 4.32 Å². The van der Waals surface area contributed by atoms with Crippen LogP contribution < -0.4 is 10.6 Å². The molecule has 0 bridgehead atoms. The summed E-state index contributed by atoms with van der Waals surface area (Å²) in [6.45, 7) is 0. The molecule has 0 saturated carbocycles. The smallest absolute Gasteiger partial charge is 0.239 e. The summed E-state index contributed by atoms with van der Waals surface area (Å²) in [6.07, 6.45) is -0.0367. The Morgan fingerprint density at radius 2 is 2.22 bits per heavy atom. The second kappa shape index (κ2) is 5.45. The first-order valence-corrected chi connectivity index (χ1v) is 6.41. The number of benzene rings is 1. The Labute approximate surface area is 112 Å². The van der Waals surface area contributed by atoms with Gasteiger partial charge in [-0.15, -0.1) is 0 Å². The maximum Gasteiger partial charge on any atom is 0.239 e. The van der Waals surface area contributed by atoms with Crippen molar-refractivity contribution in [3.63, 3.8) is 0 Å². The van der Waals surface area contributed by atoms with Crippen molar-refractivity contribution in [2.24, 2.45) is 0 Å². The minimum atomic E-state index is -0.538. The van der Waals surface area contributed by atoms with E-state index in [4.69, 9.17) is 12.2 Å². The Bertz CT molecular complexity index is 522. The summed E-state index contributed by atoms with van der Waals surface area (Å²) in [7, 11) is 0. The molecule has 0 aliphatic carbocycles. The van der Waals surface area contributed by atoms with E-state index in [-0.39, 0.29) is 18.0 Å². The SMILES string of the molecule is O=C(C[C@H]1SC(=S)NC1=O)Nc1ccccc1F. The van der Waals surface area contributed by atoms with E-state index >= 15 is 0 Å². The molecule has 1 atom stereocenters. The minimum absolute atomic E-state index is 0.0367. The first-order chi connectivity index (χ1) is 8.56. The van der Waals surface area contributed by atoms with Gasteiger partial charge in [-0.3, -0.25) is 9.59 Å². The third-order valence-corrected chi connectivity index (χ3v) is 3.66. The Balaban J connectivity index is 1.95. The zero-order valence-corrected chi connectivity index (χ0v) is 10.7. The lowest BCUT2D eigenvalue weighted by Crippen LogP contribution is -2.27. The molecule has 1 saturated heterocycles. The molecule has 4 nitrogen and oxygen atoms in total. The van der Waals surface area contributed by atoms with E-state index in [1.807, 2.05) is 0 Å². The summed E-state index contributed by atoms with van der Waals surface area (Å²) < 4.78 is 13.6. The summed E-state index contributed by atoms with van der Waals surface area (Å²) in [6, 6.07) is 5.86. The fraction of sp³-hybridized carbons (Fsp3) is 0.182. The van der Waals surface area contributed by atoms with E-state index in [9.17, 15) is 14.0 Å². The second-order valence-electron chi connectivity index (χ2n) is 3.62. The fourth-order valence-electron chi connectivity index (χ4n) is 1.46. The Hall–Kier alpha value is -1.47. The fourth-order valence-corrected chi connectivity index (χ4v) is 2.73. The van der Waals surface area contributed by atoms with Crippen LogP contribution in [-0.4, -0.2) is 21.4 Å². The van der Waals surface area contributed by atoms with Gasteiger partial charge >= 0.3 is 0 Å². The van der Waals surface area contributed by atoms with Gasteiger partial charge in [-0.2, -0.15) is 0 Å². The number of nitrogens with one attached hydrogen (secondary N) is 2. The monoisotopic (exact) mass is 284 g/mol. The average Bonchev–Trinajstić information content (AvgIpc) is 2.61. The number of anilines is 1. The number of halogens is 1. The van der Waals surface area contributed by atoms with Gasteiger partial charge in [0.25, 0.3) is 0 Å². The van der Waals surface area contributed by atoms with Crippen molar-refractivity contribution >= 4 is 45.8 Å². The Kier molecular flexibility index (Phi) is 3.93. The van der Waals surface area contributed by atoms with Crippen LogP contribution in [0.1, 0.15) is 6.42 Å². The van der Waals surface area contributed by atoms with Gasteiger partial charge in [0.15, 0.2) is 0 Å². The van der Waals surface area contributed by atoms with E-state index in [1.165, 1.54) is 18.2 Å². The van der Waals surface area contributed by atoms with Gasteiger partial charge in [-0.05, 0) is 12.1 Å². The molecule has 1 fully saturated rings. The highest BCUT2D eigenvalue weighted by atomic mass is 32.2. The Morgan fingerprint density at radius 1 is 1.50 bits per heavy atom. The van der Waals surface area contributed by atoms with Gasteiger partial charge in [0, 0.05) is 6.42 Å².